The Balaban J connectivity index is 1.50. The zero-order valence-corrected chi connectivity index (χ0v) is 12.9. The van der Waals surface area contributed by atoms with Crippen LogP contribution in [-0.4, -0.2) is 50.0 Å². The van der Waals surface area contributed by atoms with Crippen molar-refractivity contribution in [1.82, 2.24) is 25.2 Å². The number of nitrogens with zero attached hydrogens (tertiary/aromatic N) is 4. The number of nitrogens with one attached hydrogen (secondary N) is 1. The second-order valence-electron chi connectivity index (χ2n) is 5.87. The number of hydrogen-bond donors (Lipinski definition) is 2. The van der Waals surface area contributed by atoms with Crippen molar-refractivity contribution in [3.8, 4) is 5.75 Å². The summed E-state index contributed by atoms with van der Waals surface area (Å²) in [6.45, 7) is 2.74. The summed E-state index contributed by atoms with van der Waals surface area (Å²) in [6, 6.07) is 7.46. The Morgan fingerprint density at radius 2 is 2.17 bits per heavy atom. The topological polar surface area (TPSA) is 83.3 Å². The minimum Gasteiger partial charge on any atom is -0.508 e. The van der Waals surface area contributed by atoms with E-state index in [1.54, 1.807) is 24.5 Å². The van der Waals surface area contributed by atoms with E-state index in [-0.39, 0.29) is 24.2 Å². The van der Waals surface area contributed by atoms with Crippen LogP contribution in [0.25, 0.3) is 0 Å². The number of aromatic hydroxyl groups is 1. The number of aromatic nitrogens is 3. The zero-order chi connectivity index (χ0) is 16.1. The SMILES string of the molecule is O=C(Cn1nccn1)NC1CCCN(Cc2cccc(O)c2)C1. The lowest BCUT2D eigenvalue weighted by Gasteiger charge is -2.33. The van der Waals surface area contributed by atoms with Crippen LogP contribution in [0.2, 0.25) is 0 Å². The van der Waals surface area contributed by atoms with E-state index in [1.807, 2.05) is 12.1 Å². The summed E-state index contributed by atoms with van der Waals surface area (Å²) < 4.78 is 0. The third-order valence-corrected chi connectivity index (χ3v) is 3.94. The number of rotatable bonds is 5. The first kappa shape index (κ1) is 15.5. The van der Waals surface area contributed by atoms with Gasteiger partial charge in [0, 0.05) is 19.1 Å². The maximum absolute atomic E-state index is 12.0. The van der Waals surface area contributed by atoms with Gasteiger partial charge < -0.3 is 10.4 Å². The molecular formula is C16H21N5O2. The summed E-state index contributed by atoms with van der Waals surface area (Å²) in [7, 11) is 0. The molecule has 1 aromatic carbocycles. The number of hydrogen-bond acceptors (Lipinski definition) is 5. The number of carbonyl (C=O) groups is 1. The molecule has 1 unspecified atom stereocenters. The number of likely N-dealkylation sites (tertiary alicyclic amines) is 1. The highest BCUT2D eigenvalue weighted by molar-refractivity contribution is 5.75. The monoisotopic (exact) mass is 315 g/mol. The Morgan fingerprint density at radius 3 is 2.96 bits per heavy atom. The van der Waals surface area contributed by atoms with Crippen molar-refractivity contribution in [2.45, 2.75) is 32.0 Å². The number of benzene rings is 1. The van der Waals surface area contributed by atoms with Crippen molar-refractivity contribution in [3.63, 3.8) is 0 Å². The van der Waals surface area contributed by atoms with E-state index in [2.05, 4.69) is 20.4 Å². The number of carbonyl (C=O) groups excluding carboxylic acids is 1. The van der Waals surface area contributed by atoms with Crippen LogP contribution in [0.15, 0.2) is 36.7 Å². The smallest absolute Gasteiger partial charge is 0.243 e. The third-order valence-electron chi connectivity index (χ3n) is 3.94. The average Bonchev–Trinajstić information content (AvgIpc) is 3.00. The zero-order valence-electron chi connectivity index (χ0n) is 12.9. The first-order chi connectivity index (χ1) is 11.2. The van der Waals surface area contributed by atoms with Crippen LogP contribution < -0.4 is 5.32 Å². The molecule has 0 saturated carbocycles. The second-order valence-corrected chi connectivity index (χ2v) is 5.87. The van der Waals surface area contributed by atoms with Crippen molar-refractivity contribution < 1.29 is 9.90 Å². The summed E-state index contributed by atoms with van der Waals surface area (Å²) in [6.07, 6.45) is 5.15. The summed E-state index contributed by atoms with van der Waals surface area (Å²) in [5.74, 6) is 0.224. The molecule has 1 fully saturated rings. The lowest BCUT2D eigenvalue weighted by atomic mass is 10.0. The van der Waals surface area contributed by atoms with Gasteiger partial charge in [-0.25, -0.2) is 0 Å². The quantitative estimate of drug-likeness (QED) is 0.851. The highest BCUT2D eigenvalue weighted by atomic mass is 16.3. The fourth-order valence-corrected chi connectivity index (χ4v) is 2.96. The van der Waals surface area contributed by atoms with Crippen molar-refractivity contribution in [1.29, 1.82) is 0 Å². The first-order valence-corrected chi connectivity index (χ1v) is 7.83. The van der Waals surface area contributed by atoms with Gasteiger partial charge in [-0.05, 0) is 37.1 Å². The Hall–Kier alpha value is -2.41. The molecule has 1 aromatic heterocycles. The Morgan fingerprint density at radius 1 is 1.35 bits per heavy atom. The van der Waals surface area contributed by atoms with E-state index >= 15 is 0 Å². The lowest BCUT2D eigenvalue weighted by Crippen LogP contribution is -2.48. The van der Waals surface area contributed by atoms with Crippen molar-refractivity contribution in [2.75, 3.05) is 13.1 Å². The molecule has 1 aliphatic rings. The van der Waals surface area contributed by atoms with Gasteiger partial charge in [0.15, 0.2) is 0 Å². The van der Waals surface area contributed by atoms with Gasteiger partial charge in [-0.2, -0.15) is 15.0 Å². The van der Waals surface area contributed by atoms with Gasteiger partial charge in [-0.3, -0.25) is 9.69 Å². The molecule has 1 atom stereocenters. The lowest BCUT2D eigenvalue weighted by molar-refractivity contribution is -0.123. The molecule has 0 spiro atoms. The van der Waals surface area contributed by atoms with Crippen molar-refractivity contribution in [3.05, 3.63) is 42.2 Å². The van der Waals surface area contributed by atoms with E-state index in [4.69, 9.17) is 0 Å². The van der Waals surface area contributed by atoms with Gasteiger partial charge in [0.1, 0.15) is 12.3 Å². The van der Waals surface area contributed by atoms with Crippen LogP contribution in [0, 0.1) is 0 Å². The number of phenolic OH excluding ortho intramolecular Hbond substituents is 1. The predicted molar refractivity (Wildman–Crippen MR) is 84.6 cm³/mol. The summed E-state index contributed by atoms with van der Waals surface area (Å²) in [5.41, 5.74) is 1.08. The van der Waals surface area contributed by atoms with Crippen LogP contribution in [0.3, 0.4) is 0 Å². The highest BCUT2D eigenvalue weighted by Crippen LogP contribution is 2.16. The van der Waals surface area contributed by atoms with Gasteiger partial charge in [-0.15, -0.1) is 0 Å². The van der Waals surface area contributed by atoms with Crippen molar-refractivity contribution in [2.24, 2.45) is 0 Å². The third kappa shape index (κ3) is 4.53. The fraction of sp³-hybridized carbons (Fsp3) is 0.438. The Bertz CT molecular complexity index is 644. The van der Waals surface area contributed by atoms with Crippen LogP contribution in [-0.2, 0) is 17.9 Å². The standard InChI is InChI=1S/C16H21N5O2/c22-15-5-1-3-13(9-15)10-20-8-2-4-14(11-20)19-16(23)12-21-17-6-7-18-21/h1,3,5-7,9,14,22H,2,4,8,10-12H2,(H,19,23). The summed E-state index contributed by atoms with van der Waals surface area (Å²) in [5, 5.41) is 20.5. The minimum absolute atomic E-state index is 0.0644. The first-order valence-electron chi connectivity index (χ1n) is 7.83. The fourth-order valence-electron chi connectivity index (χ4n) is 2.96. The molecule has 0 bridgehead atoms. The summed E-state index contributed by atoms with van der Waals surface area (Å²) >= 11 is 0. The maximum Gasteiger partial charge on any atom is 0.243 e. The van der Waals surface area contributed by atoms with E-state index in [0.717, 1.165) is 38.0 Å². The molecule has 1 aliphatic heterocycles. The molecule has 7 heteroatoms. The molecule has 1 saturated heterocycles. The van der Waals surface area contributed by atoms with E-state index in [9.17, 15) is 9.90 Å². The molecule has 2 aromatic rings. The largest absolute Gasteiger partial charge is 0.508 e. The molecule has 2 heterocycles. The molecule has 0 radical (unpaired) electrons. The van der Waals surface area contributed by atoms with Gasteiger partial charge >= 0.3 is 0 Å². The average molecular weight is 315 g/mol. The Labute approximate surface area is 134 Å². The summed E-state index contributed by atoms with van der Waals surface area (Å²) in [4.78, 5) is 15.7. The molecule has 23 heavy (non-hydrogen) atoms. The van der Waals surface area contributed by atoms with Gasteiger partial charge in [0.05, 0.1) is 12.4 Å². The van der Waals surface area contributed by atoms with Gasteiger partial charge in [0.2, 0.25) is 5.91 Å². The molecule has 3 rings (SSSR count). The molecular weight excluding hydrogens is 294 g/mol. The molecule has 2 N–H and O–H groups in total. The molecule has 122 valence electrons. The van der Waals surface area contributed by atoms with Gasteiger partial charge in [0.25, 0.3) is 0 Å². The molecule has 7 nitrogen and oxygen atoms in total. The van der Waals surface area contributed by atoms with Crippen LogP contribution in [0.4, 0.5) is 0 Å². The van der Waals surface area contributed by atoms with E-state index < -0.39 is 0 Å². The normalized spacial score (nSPS) is 18.7. The highest BCUT2D eigenvalue weighted by Gasteiger charge is 2.21. The predicted octanol–water partition coefficient (Wildman–Crippen LogP) is 0.764. The number of amides is 1. The molecule has 0 aliphatic carbocycles. The van der Waals surface area contributed by atoms with E-state index in [0.29, 0.717) is 0 Å². The minimum atomic E-state index is -0.0644. The molecule has 1 amide bonds. The maximum atomic E-state index is 12.0. The number of piperidine rings is 1. The van der Waals surface area contributed by atoms with Crippen LogP contribution in [0.1, 0.15) is 18.4 Å². The Kier molecular flexibility index (Phi) is 4.87. The van der Waals surface area contributed by atoms with Crippen molar-refractivity contribution >= 4 is 5.91 Å². The van der Waals surface area contributed by atoms with E-state index in [1.165, 1.54) is 4.80 Å². The number of phenols is 1. The second kappa shape index (κ2) is 7.23. The van der Waals surface area contributed by atoms with Crippen LogP contribution >= 0.6 is 0 Å². The van der Waals surface area contributed by atoms with Gasteiger partial charge in [-0.1, -0.05) is 12.1 Å². The van der Waals surface area contributed by atoms with Crippen LogP contribution in [0.5, 0.6) is 5.75 Å².